The van der Waals surface area contributed by atoms with Gasteiger partial charge in [-0.2, -0.15) is 5.26 Å². The second-order valence-electron chi connectivity index (χ2n) is 5.66. The van der Waals surface area contributed by atoms with Crippen LogP contribution in [0, 0.1) is 11.3 Å². The molecule has 0 spiro atoms. The van der Waals surface area contributed by atoms with Gasteiger partial charge < -0.3 is 10.1 Å². The monoisotopic (exact) mass is 449 g/mol. The van der Waals surface area contributed by atoms with Crippen molar-refractivity contribution in [1.29, 1.82) is 5.26 Å². The van der Waals surface area contributed by atoms with Crippen LogP contribution in [0.15, 0.2) is 22.7 Å². The van der Waals surface area contributed by atoms with Gasteiger partial charge in [0.2, 0.25) is 0 Å². The number of anilines is 1. The molecule has 0 saturated carbocycles. The largest absolute Gasteiger partial charge is 0.493 e. The van der Waals surface area contributed by atoms with E-state index in [0.717, 1.165) is 29.3 Å². The van der Waals surface area contributed by atoms with Gasteiger partial charge in [-0.15, -0.1) is 11.3 Å². The number of hydrogen-bond acceptors (Lipinski definition) is 5. The summed E-state index contributed by atoms with van der Waals surface area (Å²) in [5.41, 5.74) is 2.14. The van der Waals surface area contributed by atoms with Crippen LogP contribution in [0.2, 0.25) is 0 Å². The summed E-state index contributed by atoms with van der Waals surface area (Å²) in [5, 5.41) is 16.0. The lowest BCUT2D eigenvalue weighted by Gasteiger charge is -2.12. The van der Waals surface area contributed by atoms with E-state index in [1.165, 1.54) is 16.2 Å². The maximum atomic E-state index is 12.6. The predicted octanol–water partition coefficient (Wildman–Crippen LogP) is 4.40. The number of nitriles is 1. The quantitative estimate of drug-likeness (QED) is 0.676. The molecule has 1 aliphatic carbocycles. The summed E-state index contributed by atoms with van der Waals surface area (Å²) in [5.74, 6) is 0.124. The first-order chi connectivity index (χ1) is 12.5. The van der Waals surface area contributed by atoms with E-state index in [9.17, 15) is 10.1 Å². The number of rotatable bonds is 4. The average molecular weight is 450 g/mol. The van der Waals surface area contributed by atoms with Gasteiger partial charge in [-0.1, -0.05) is 15.9 Å². The molecule has 1 aliphatic rings. The number of ether oxygens (including phenoxy) is 1. The molecule has 0 aliphatic heterocycles. The van der Waals surface area contributed by atoms with Gasteiger partial charge in [0.15, 0.2) is 5.11 Å². The van der Waals surface area contributed by atoms with Gasteiger partial charge >= 0.3 is 0 Å². The van der Waals surface area contributed by atoms with E-state index in [1.54, 1.807) is 12.1 Å². The minimum Gasteiger partial charge on any atom is -0.493 e. The minimum atomic E-state index is -0.366. The van der Waals surface area contributed by atoms with Crippen LogP contribution in [0.3, 0.4) is 0 Å². The molecule has 1 aromatic carbocycles. The number of aryl methyl sites for hydroxylation is 1. The lowest BCUT2D eigenvalue weighted by molar-refractivity contribution is 0.0974. The first-order valence-corrected chi connectivity index (χ1v) is 10.1. The van der Waals surface area contributed by atoms with Crippen molar-refractivity contribution in [2.45, 2.75) is 26.2 Å². The number of amides is 1. The van der Waals surface area contributed by atoms with Gasteiger partial charge in [-0.05, 0) is 62.2 Å². The zero-order valence-electron chi connectivity index (χ0n) is 14.0. The highest BCUT2D eigenvalue weighted by Crippen LogP contribution is 2.38. The number of thiocarbonyl (C=S) groups is 1. The van der Waals surface area contributed by atoms with Crippen LogP contribution >= 0.6 is 39.5 Å². The second kappa shape index (κ2) is 8.16. The topological polar surface area (TPSA) is 74.2 Å². The third-order valence-electron chi connectivity index (χ3n) is 3.97. The highest BCUT2D eigenvalue weighted by molar-refractivity contribution is 9.10. The molecule has 5 nitrogen and oxygen atoms in total. The Morgan fingerprint density at radius 2 is 2.27 bits per heavy atom. The summed E-state index contributed by atoms with van der Waals surface area (Å²) in [6, 6.07) is 7.48. The van der Waals surface area contributed by atoms with E-state index in [4.69, 9.17) is 17.0 Å². The summed E-state index contributed by atoms with van der Waals surface area (Å²) in [6.45, 7) is 2.31. The van der Waals surface area contributed by atoms with Crippen LogP contribution in [0.25, 0.3) is 0 Å². The number of halogens is 1. The molecule has 2 aromatic rings. The van der Waals surface area contributed by atoms with Crippen molar-refractivity contribution in [1.82, 2.24) is 5.32 Å². The van der Waals surface area contributed by atoms with E-state index < -0.39 is 0 Å². The van der Waals surface area contributed by atoms with E-state index >= 15 is 0 Å². The van der Waals surface area contributed by atoms with Gasteiger partial charge in [0.05, 0.1) is 17.7 Å². The van der Waals surface area contributed by atoms with Gasteiger partial charge in [-0.3, -0.25) is 10.1 Å². The molecule has 1 aromatic heterocycles. The third kappa shape index (κ3) is 3.90. The van der Waals surface area contributed by atoms with Crippen molar-refractivity contribution in [2.75, 3.05) is 11.9 Å². The molecule has 0 unspecified atom stereocenters. The summed E-state index contributed by atoms with van der Waals surface area (Å²) < 4.78 is 6.27. The fourth-order valence-corrected chi connectivity index (χ4v) is 4.74. The highest BCUT2D eigenvalue weighted by Gasteiger charge is 2.23. The van der Waals surface area contributed by atoms with Crippen molar-refractivity contribution in [3.05, 3.63) is 44.2 Å². The average Bonchev–Trinajstić information content (AvgIpc) is 3.17. The lowest BCUT2D eigenvalue weighted by Crippen LogP contribution is -2.34. The van der Waals surface area contributed by atoms with Gasteiger partial charge in [-0.25, -0.2) is 0 Å². The number of nitrogens with zero attached hydrogens (tertiary/aromatic N) is 1. The molecular formula is C18H16BrN3O2S2. The molecule has 0 saturated heterocycles. The van der Waals surface area contributed by atoms with Crippen LogP contribution in [-0.4, -0.2) is 17.6 Å². The Balaban J connectivity index is 1.74. The highest BCUT2D eigenvalue weighted by atomic mass is 79.9. The molecule has 2 N–H and O–H groups in total. The molecule has 134 valence electrons. The van der Waals surface area contributed by atoms with Crippen LogP contribution in [0.4, 0.5) is 5.00 Å². The van der Waals surface area contributed by atoms with Crippen LogP contribution in [0.5, 0.6) is 5.75 Å². The number of fused-ring (bicyclic) bond motifs is 1. The number of thiophene rings is 1. The minimum absolute atomic E-state index is 0.161. The number of benzene rings is 1. The van der Waals surface area contributed by atoms with Gasteiger partial charge in [0.1, 0.15) is 16.8 Å². The van der Waals surface area contributed by atoms with Crippen molar-refractivity contribution >= 4 is 55.5 Å². The first-order valence-electron chi connectivity index (χ1n) is 8.12. The van der Waals surface area contributed by atoms with Crippen LogP contribution in [-0.2, 0) is 12.8 Å². The Bertz CT molecular complexity index is 918. The summed E-state index contributed by atoms with van der Waals surface area (Å²) in [6.07, 6.45) is 3.00. The molecule has 8 heteroatoms. The van der Waals surface area contributed by atoms with Crippen molar-refractivity contribution in [3.63, 3.8) is 0 Å². The maximum absolute atomic E-state index is 12.6. The molecule has 26 heavy (non-hydrogen) atoms. The zero-order chi connectivity index (χ0) is 18.7. The van der Waals surface area contributed by atoms with Crippen LogP contribution in [0.1, 0.15) is 39.7 Å². The Labute approximate surface area is 169 Å². The van der Waals surface area contributed by atoms with Crippen molar-refractivity contribution in [3.8, 4) is 11.8 Å². The van der Waals surface area contributed by atoms with E-state index in [0.29, 0.717) is 28.5 Å². The Hall–Kier alpha value is -1.95. The molecule has 0 radical (unpaired) electrons. The number of carbonyl (C=O) groups is 1. The normalized spacial score (nSPS) is 12.2. The Morgan fingerprint density at radius 3 is 3.00 bits per heavy atom. The van der Waals surface area contributed by atoms with Gasteiger partial charge in [0, 0.05) is 9.35 Å². The van der Waals surface area contributed by atoms with Crippen molar-refractivity contribution < 1.29 is 9.53 Å². The fourth-order valence-electron chi connectivity index (χ4n) is 2.88. The molecular weight excluding hydrogens is 434 g/mol. The summed E-state index contributed by atoms with van der Waals surface area (Å²) in [7, 11) is 0. The van der Waals surface area contributed by atoms with E-state index in [2.05, 4.69) is 32.6 Å². The van der Waals surface area contributed by atoms with E-state index in [-0.39, 0.29) is 11.0 Å². The third-order valence-corrected chi connectivity index (χ3v) is 5.88. The standard InChI is InChI=1S/C18H16BrN3O2S2/c1-2-24-14-7-6-10(19)8-12(14)16(23)21-18(25)22-17-13(9-20)11-4-3-5-15(11)26-17/h6-8H,2-5H2,1H3,(H2,21,22,23,25). The molecule has 1 heterocycles. The van der Waals surface area contributed by atoms with E-state index in [1.807, 2.05) is 13.0 Å². The molecule has 1 amide bonds. The fraction of sp³-hybridized carbons (Fsp3) is 0.278. The SMILES string of the molecule is CCOc1ccc(Br)cc1C(=O)NC(=S)Nc1sc2c(c1C#N)CCC2. The molecule has 3 rings (SSSR count). The lowest BCUT2D eigenvalue weighted by atomic mass is 10.1. The number of nitrogens with one attached hydrogen (secondary N) is 2. The second-order valence-corrected chi connectivity index (χ2v) is 8.08. The Kier molecular flexibility index (Phi) is 5.91. The summed E-state index contributed by atoms with van der Waals surface area (Å²) in [4.78, 5) is 13.8. The summed E-state index contributed by atoms with van der Waals surface area (Å²) >= 11 is 10.2. The maximum Gasteiger partial charge on any atom is 0.261 e. The zero-order valence-corrected chi connectivity index (χ0v) is 17.2. The molecule has 0 atom stereocenters. The van der Waals surface area contributed by atoms with Gasteiger partial charge in [0.25, 0.3) is 5.91 Å². The number of carbonyl (C=O) groups excluding carboxylic acids is 1. The predicted molar refractivity (Wildman–Crippen MR) is 110 cm³/mol. The van der Waals surface area contributed by atoms with Crippen LogP contribution < -0.4 is 15.4 Å². The van der Waals surface area contributed by atoms with Crippen molar-refractivity contribution in [2.24, 2.45) is 0 Å². The smallest absolute Gasteiger partial charge is 0.261 e. The Morgan fingerprint density at radius 1 is 1.46 bits per heavy atom. The molecule has 0 bridgehead atoms. The number of hydrogen-bond donors (Lipinski definition) is 2. The first kappa shape index (κ1) is 18.8. The molecule has 0 fully saturated rings.